The van der Waals surface area contributed by atoms with Crippen LogP contribution in [-0.4, -0.2) is 259 Å². The van der Waals surface area contributed by atoms with Gasteiger partial charge in [0.15, 0.2) is 0 Å². The third-order valence-corrected chi connectivity index (χ3v) is 22.2. The van der Waals surface area contributed by atoms with Crippen LogP contribution in [0.1, 0.15) is 237 Å². The molecular formula is C96H165N21O18. The highest BCUT2D eigenvalue weighted by molar-refractivity contribution is 5.90. The Morgan fingerprint density at radius 3 is 0.600 bits per heavy atom. The van der Waals surface area contributed by atoms with Crippen molar-refractivity contribution in [3.05, 3.63) is 75.9 Å². The first-order chi connectivity index (χ1) is 65.1. The Balaban J connectivity index is 0.00000136. The van der Waals surface area contributed by atoms with E-state index in [-0.39, 0.29) is 226 Å². The van der Waals surface area contributed by atoms with E-state index in [0.717, 1.165) is 191 Å². The summed E-state index contributed by atoms with van der Waals surface area (Å²) in [7, 11) is 0. The number of amides is 9. The van der Waals surface area contributed by atoms with Crippen molar-refractivity contribution >= 4 is 107 Å². The quantitative estimate of drug-likeness (QED) is 0.00978. The van der Waals surface area contributed by atoms with E-state index in [0.29, 0.717) is 39.3 Å². The molecule has 0 saturated heterocycles. The van der Waals surface area contributed by atoms with E-state index >= 15 is 0 Å². The molecule has 2 heterocycles. The number of anilines is 6. The summed E-state index contributed by atoms with van der Waals surface area (Å²) in [4.78, 5) is 192. The van der Waals surface area contributed by atoms with E-state index in [1.807, 2.05) is 0 Å². The monoisotopic (exact) mass is 1900 g/mol. The molecule has 6 unspecified atom stereocenters. The SMILES string of the molecule is C=CC(=O)NCN(CC(=O)NCC(CC)CCCC)c1nc(N(CNC(=O)C=C)CC(=O)NCC(CC)CCCC)nc(N(CNC(=O)C=C)CC(=O)NCC(CC)CCCC)n1.C=CC(=O)OCCOCN(CC(=O)NCC(CC)CCCC)c1nc(N(COCCOC(=O)C=C)CC(=O)NCC(CC)CCCC)nc(N(COCCOC(=O)C=C)CC(=O)NCC(CC)CCCC)n1. The van der Waals surface area contributed by atoms with Crippen LogP contribution in [0.2, 0.25) is 0 Å². The largest absolute Gasteiger partial charge is 0.460 e. The number of rotatable bonds is 81. The first-order valence-corrected chi connectivity index (χ1v) is 48.5. The Labute approximate surface area is 803 Å². The summed E-state index contributed by atoms with van der Waals surface area (Å²) in [6.07, 6.45) is 29.7. The highest BCUT2D eigenvalue weighted by Gasteiger charge is 2.30. The summed E-state index contributed by atoms with van der Waals surface area (Å²) in [5.74, 6) is -4.66. The molecule has 0 aliphatic rings. The van der Waals surface area contributed by atoms with Gasteiger partial charge < -0.3 is 106 Å². The molecule has 135 heavy (non-hydrogen) atoms. The summed E-state index contributed by atoms with van der Waals surface area (Å²) >= 11 is 0. The molecule has 0 aliphatic heterocycles. The topological polar surface area (TPSA) is 465 Å². The van der Waals surface area contributed by atoms with E-state index in [4.69, 9.17) is 58.3 Å². The standard InChI is InChI=1S/C51H87N9O12.C45H78N12O6/c1-10-19-22-40(13-4)31-52-43(61)34-58(37-67-25-28-70-46(64)16-7)49-55-50(59(38-68-26-29-71-47(65)17-8)35-44(62)53-32-41(14-5)23-20-11-2)57-51(56-49)60(39-69-27-30-72-48(66)18-9)36-45(63)54-33-42(15-6)24-21-12-3;1-10-19-22-34(13-4)25-46-40(61)28-55(31-49-37(58)16-7)43-52-44(56(32-50-38(59)17-8)29-41(62)47-26-35(14-5)23-20-11-2)54-45(53-43)57(33-51-39(60)18-9)30-42(63)48-27-36(15-6)24-21-12-3/h16-18,40-42H,7-15,19-39H2,1-6H3,(H,52,61)(H,53,62)(H,54,63);16-18,34-36H,7-15,19-33H2,1-6H3,(H,46,61)(H,47,62)(H,48,63)(H,49,58)(H,50,59)(H,51,60). The zero-order valence-corrected chi connectivity index (χ0v) is 83.3. The van der Waals surface area contributed by atoms with Crippen LogP contribution in [0.5, 0.6) is 0 Å². The van der Waals surface area contributed by atoms with Crippen LogP contribution >= 0.6 is 0 Å². The molecule has 39 nitrogen and oxygen atoms in total. The van der Waals surface area contributed by atoms with Crippen molar-refractivity contribution in [3.8, 4) is 0 Å². The summed E-state index contributed by atoms with van der Waals surface area (Å²) < 4.78 is 33.1. The summed E-state index contributed by atoms with van der Waals surface area (Å²) in [5, 5.41) is 26.2. The van der Waals surface area contributed by atoms with Crippen LogP contribution < -0.4 is 77.3 Å². The number of nitrogens with zero attached hydrogens (tertiary/aromatic N) is 12. The summed E-state index contributed by atoms with van der Waals surface area (Å²) in [6.45, 7) is 44.7. The average molecular weight is 1900 g/mol. The van der Waals surface area contributed by atoms with Gasteiger partial charge in [-0.3, -0.25) is 43.2 Å². The molecule has 0 bridgehead atoms. The van der Waals surface area contributed by atoms with Crippen LogP contribution in [0.3, 0.4) is 0 Å². The van der Waals surface area contributed by atoms with Gasteiger partial charge in [-0.05, 0) is 92.3 Å². The van der Waals surface area contributed by atoms with Crippen molar-refractivity contribution in [1.29, 1.82) is 0 Å². The molecule has 0 radical (unpaired) electrons. The van der Waals surface area contributed by atoms with Crippen molar-refractivity contribution in [2.45, 2.75) is 237 Å². The zero-order valence-electron chi connectivity index (χ0n) is 83.3. The third-order valence-electron chi connectivity index (χ3n) is 22.2. The second kappa shape index (κ2) is 77.0. The van der Waals surface area contributed by atoms with Crippen molar-refractivity contribution in [2.24, 2.45) is 35.5 Å². The maximum absolute atomic E-state index is 13.8. The Kier molecular flexibility index (Phi) is 69.5. The predicted octanol–water partition coefficient (Wildman–Crippen LogP) is 9.47. The fraction of sp³-hybridized carbons (Fsp3) is 0.688. The molecule has 762 valence electrons. The highest BCUT2D eigenvalue weighted by atomic mass is 16.6. The van der Waals surface area contributed by atoms with Gasteiger partial charge in [0.05, 0.1) is 39.8 Å². The first kappa shape index (κ1) is 122. The van der Waals surface area contributed by atoms with Crippen LogP contribution in [0.4, 0.5) is 35.7 Å². The molecule has 9 amide bonds. The van der Waals surface area contributed by atoms with Crippen LogP contribution in [-0.2, 0) is 86.0 Å². The average Bonchev–Trinajstić information content (AvgIpc) is 0.810. The Morgan fingerprint density at radius 2 is 0.437 bits per heavy atom. The number of carbonyl (C=O) groups is 12. The Hall–Kier alpha value is -11.2. The maximum atomic E-state index is 13.8. The fourth-order valence-electron chi connectivity index (χ4n) is 13.3. The van der Waals surface area contributed by atoms with E-state index in [1.54, 1.807) is 0 Å². The highest BCUT2D eigenvalue weighted by Crippen LogP contribution is 2.25. The number of carbonyl (C=O) groups excluding carboxylic acids is 12. The van der Waals surface area contributed by atoms with Crippen molar-refractivity contribution in [2.75, 3.05) is 188 Å². The number of esters is 3. The minimum Gasteiger partial charge on any atom is -0.460 e. The molecule has 0 aliphatic carbocycles. The van der Waals surface area contributed by atoms with E-state index in [1.165, 1.54) is 29.4 Å². The molecule has 39 heteroatoms. The number of aromatic nitrogens is 6. The summed E-state index contributed by atoms with van der Waals surface area (Å²) in [5.41, 5.74) is 0. The molecule has 2 aromatic rings. The van der Waals surface area contributed by atoms with Gasteiger partial charge in [-0.1, -0.05) is 238 Å². The minimum absolute atomic E-state index is 0.0709. The van der Waals surface area contributed by atoms with Crippen LogP contribution in [0.15, 0.2) is 75.9 Å². The second-order valence-electron chi connectivity index (χ2n) is 32.9. The molecule has 2 aromatic heterocycles. The lowest BCUT2D eigenvalue weighted by atomic mass is 9.99. The van der Waals surface area contributed by atoms with Crippen molar-refractivity contribution < 1.29 is 86.0 Å². The van der Waals surface area contributed by atoms with Gasteiger partial charge >= 0.3 is 17.9 Å². The molecule has 0 fully saturated rings. The number of unbranched alkanes of at least 4 members (excludes halogenated alkanes) is 6. The van der Waals surface area contributed by atoms with Gasteiger partial charge in [-0.25, -0.2) is 14.4 Å². The molecule has 2 rings (SSSR count). The number of nitrogens with one attached hydrogen (secondary N) is 9. The van der Waals surface area contributed by atoms with Gasteiger partial charge in [-0.2, -0.15) is 29.9 Å². The lowest BCUT2D eigenvalue weighted by Crippen LogP contribution is -2.48. The van der Waals surface area contributed by atoms with E-state index < -0.39 is 35.6 Å². The molecule has 9 N–H and O–H groups in total. The number of hydrogen-bond donors (Lipinski definition) is 9. The van der Waals surface area contributed by atoms with E-state index in [9.17, 15) is 57.5 Å². The zero-order chi connectivity index (χ0) is 100. The number of hydrogen-bond acceptors (Lipinski definition) is 30. The second-order valence-corrected chi connectivity index (χ2v) is 32.9. The van der Waals surface area contributed by atoms with Gasteiger partial charge in [0.1, 0.15) is 79.3 Å². The minimum atomic E-state index is -0.636. The smallest absolute Gasteiger partial charge is 0.330 e. The molecular weight excluding hydrogens is 1740 g/mol. The maximum Gasteiger partial charge on any atom is 0.330 e. The third kappa shape index (κ3) is 56.7. The van der Waals surface area contributed by atoms with Crippen molar-refractivity contribution in [1.82, 2.24) is 77.8 Å². The normalized spacial score (nSPS) is 12.1. The van der Waals surface area contributed by atoms with Crippen LogP contribution in [0.25, 0.3) is 0 Å². The van der Waals surface area contributed by atoms with Crippen LogP contribution in [0, 0.1) is 35.5 Å². The summed E-state index contributed by atoms with van der Waals surface area (Å²) in [6, 6.07) is 0. The lowest BCUT2D eigenvalue weighted by Gasteiger charge is -2.29. The van der Waals surface area contributed by atoms with Gasteiger partial charge in [0.2, 0.25) is 88.9 Å². The van der Waals surface area contributed by atoms with Gasteiger partial charge in [0.25, 0.3) is 0 Å². The molecule has 0 spiro atoms. The fourth-order valence-corrected chi connectivity index (χ4v) is 13.3. The van der Waals surface area contributed by atoms with Crippen molar-refractivity contribution in [3.63, 3.8) is 0 Å². The number of ether oxygens (including phenoxy) is 6. The molecule has 6 atom stereocenters. The molecule has 0 saturated carbocycles. The Bertz CT molecular complexity index is 3430. The first-order valence-electron chi connectivity index (χ1n) is 48.5. The predicted molar refractivity (Wildman–Crippen MR) is 527 cm³/mol. The molecule has 0 aromatic carbocycles. The lowest BCUT2D eigenvalue weighted by molar-refractivity contribution is -0.140. The van der Waals surface area contributed by atoms with E-state index in [2.05, 4.69) is 170 Å². The van der Waals surface area contributed by atoms with Gasteiger partial charge in [0, 0.05) is 57.5 Å². The Morgan fingerprint density at radius 1 is 0.259 bits per heavy atom. The van der Waals surface area contributed by atoms with Gasteiger partial charge in [-0.15, -0.1) is 0 Å².